The van der Waals surface area contributed by atoms with Crippen LogP contribution in [0.1, 0.15) is 43.7 Å². The molecule has 7 nitrogen and oxygen atoms in total. The van der Waals surface area contributed by atoms with Crippen molar-refractivity contribution in [1.29, 1.82) is 0 Å². The van der Waals surface area contributed by atoms with Crippen LogP contribution in [-0.2, 0) is 14.3 Å². The van der Waals surface area contributed by atoms with E-state index in [0.29, 0.717) is 18.6 Å². The van der Waals surface area contributed by atoms with Crippen LogP contribution in [0.5, 0.6) is 5.75 Å². The fraction of sp³-hybridized carbons (Fsp3) is 0.579. The van der Waals surface area contributed by atoms with Gasteiger partial charge in [0.15, 0.2) is 0 Å². The van der Waals surface area contributed by atoms with E-state index >= 15 is 0 Å². The topological polar surface area (TPSA) is 105 Å². The molecule has 1 fully saturated rings. The number of carboxylic acids is 2. The number of rotatable bonds is 7. The highest BCUT2D eigenvalue weighted by Gasteiger charge is 2.14. The Kier molecular flexibility index (Phi) is 9.69. The summed E-state index contributed by atoms with van der Waals surface area (Å²) >= 11 is 0. The summed E-state index contributed by atoms with van der Waals surface area (Å²) in [5, 5.41) is 18.2. The summed E-state index contributed by atoms with van der Waals surface area (Å²) < 4.78 is 11.5. The van der Waals surface area contributed by atoms with Gasteiger partial charge < -0.3 is 25.0 Å². The van der Waals surface area contributed by atoms with Crippen molar-refractivity contribution in [3.63, 3.8) is 0 Å². The Hall–Kier alpha value is -2.12. The van der Waals surface area contributed by atoms with Crippen molar-refractivity contribution >= 4 is 11.9 Å². The van der Waals surface area contributed by atoms with Crippen molar-refractivity contribution < 1.29 is 29.3 Å². The monoisotopic (exact) mass is 367 g/mol. The Balaban J connectivity index is 0.000000487. The molecule has 3 N–H and O–H groups in total. The summed E-state index contributed by atoms with van der Waals surface area (Å²) in [6.45, 7) is 9.94. The second kappa shape index (κ2) is 11.5. The first kappa shape index (κ1) is 21.9. The van der Waals surface area contributed by atoms with E-state index in [0.717, 1.165) is 25.4 Å². The first-order valence-corrected chi connectivity index (χ1v) is 8.83. The maximum atomic E-state index is 9.10. The molecule has 1 atom stereocenters. The smallest absolute Gasteiger partial charge is 0.414 e. The van der Waals surface area contributed by atoms with Gasteiger partial charge in [0.2, 0.25) is 0 Å². The van der Waals surface area contributed by atoms with E-state index in [2.05, 4.69) is 44.3 Å². The minimum atomic E-state index is -1.82. The summed E-state index contributed by atoms with van der Waals surface area (Å²) in [5.74, 6) is -2.13. The minimum Gasteiger partial charge on any atom is -0.492 e. The number of aryl methyl sites for hydroxylation is 1. The normalized spacial score (nSPS) is 16.1. The summed E-state index contributed by atoms with van der Waals surface area (Å²) in [5.41, 5.74) is 2.53. The molecular formula is C19H29NO6. The Bertz CT molecular complexity index is 569. The lowest BCUT2D eigenvalue weighted by Gasteiger charge is -2.16. The van der Waals surface area contributed by atoms with Crippen LogP contribution in [0.4, 0.5) is 0 Å². The van der Waals surface area contributed by atoms with Crippen LogP contribution in [0, 0.1) is 6.92 Å². The van der Waals surface area contributed by atoms with E-state index in [1.54, 1.807) is 0 Å². The second-order valence-electron chi connectivity index (χ2n) is 6.49. The van der Waals surface area contributed by atoms with Crippen LogP contribution >= 0.6 is 0 Å². The fourth-order valence-electron chi connectivity index (χ4n) is 2.55. The Morgan fingerprint density at radius 2 is 2.00 bits per heavy atom. The van der Waals surface area contributed by atoms with Crippen LogP contribution in [0.2, 0.25) is 0 Å². The van der Waals surface area contributed by atoms with Gasteiger partial charge in [-0.05, 0) is 42.9 Å². The Morgan fingerprint density at radius 3 is 2.54 bits per heavy atom. The number of hydrogen-bond donors (Lipinski definition) is 3. The molecule has 1 aliphatic heterocycles. The number of ether oxygens (including phenoxy) is 2. The molecule has 2 rings (SSSR count). The molecule has 26 heavy (non-hydrogen) atoms. The van der Waals surface area contributed by atoms with E-state index in [-0.39, 0.29) is 0 Å². The highest BCUT2D eigenvalue weighted by atomic mass is 16.5. The Labute approximate surface area is 154 Å². The molecule has 0 saturated carbocycles. The summed E-state index contributed by atoms with van der Waals surface area (Å²) in [6, 6.07) is 6.46. The zero-order valence-corrected chi connectivity index (χ0v) is 15.7. The average Bonchev–Trinajstić information content (AvgIpc) is 3.08. The summed E-state index contributed by atoms with van der Waals surface area (Å²) in [4.78, 5) is 18.2. The van der Waals surface area contributed by atoms with Gasteiger partial charge in [0, 0.05) is 19.7 Å². The highest BCUT2D eigenvalue weighted by molar-refractivity contribution is 6.27. The van der Waals surface area contributed by atoms with E-state index < -0.39 is 11.9 Å². The number of carboxylic acid groups (broad SMARTS) is 2. The van der Waals surface area contributed by atoms with E-state index in [4.69, 9.17) is 29.3 Å². The molecule has 0 aromatic heterocycles. The molecule has 1 saturated heterocycles. The molecule has 0 spiro atoms. The molecule has 0 radical (unpaired) electrons. The average molecular weight is 367 g/mol. The van der Waals surface area contributed by atoms with Gasteiger partial charge in [-0.15, -0.1) is 0 Å². The van der Waals surface area contributed by atoms with E-state index in [1.165, 1.54) is 24.0 Å². The lowest BCUT2D eigenvalue weighted by atomic mass is 10.0. The molecule has 0 aliphatic carbocycles. The maximum Gasteiger partial charge on any atom is 0.414 e. The third kappa shape index (κ3) is 8.31. The zero-order valence-electron chi connectivity index (χ0n) is 15.7. The number of carbonyl (C=O) groups is 2. The van der Waals surface area contributed by atoms with Gasteiger partial charge in [0.25, 0.3) is 0 Å². The quantitative estimate of drug-likeness (QED) is 0.502. The molecule has 1 heterocycles. The van der Waals surface area contributed by atoms with Crippen LogP contribution in [0.3, 0.4) is 0 Å². The molecule has 0 amide bonds. The van der Waals surface area contributed by atoms with Crippen LogP contribution in [-0.4, -0.2) is 54.6 Å². The summed E-state index contributed by atoms with van der Waals surface area (Å²) in [6.07, 6.45) is 2.79. The van der Waals surface area contributed by atoms with E-state index in [1.807, 2.05) is 0 Å². The predicted molar refractivity (Wildman–Crippen MR) is 97.9 cm³/mol. The molecule has 1 aromatic rings. The van der Waals surface area contributed by atoms with Gasteiger partial charge in [-0.2, -0.15) is 0 Å². The first-order valence-electron chi connectivity index (χ1n) is 8.83. The third-order valence-electron chi connectivity index (χ3n) is 3.91. The van der Waals surface area contributed by atoms with Crippen molar-refractivity contribution in [2.24, 2.45) is 0 Å². The number of hydrogen-bond acceptors (Lipinski definition) is 5. The third-order valence-corrected chi connectivity index (χ3v) is 3.91. The fourth-order valence-corrected chi connectivity index (χ4v) is 2.55. The van der Waals surface area contributed by atoms with Crippen molar-refractivity contribution in [1.82, 2.24) is 5.32 Å². The summed E-state index contributed by atoms with van der Waals surface area (Å²) in [7, 11) is 0. The van der Waals surface area contributed by atoms with E-state index in [9.17, 15) is 0 Å². The lowest BCUT2D eigenvalue weighted by Crippen LogP contribution is -2.29. The largest absolute Gasteiger partial charge is 0.492 e. The zero-order chi connectivity index (χ0) is 19.5. The van der Waals surface area contributed by atoms with Gasteiger partial charge in [-0.1, -0.05) is 26.0 Å². The molecular weight excluding hydrogens is 338 g/mol. The lowest BCUT2D eigenvalue weighted by molar-refractivity contribution is -0.159. The standard InChI is InChI=1S/C17H27NO2.C2H2O4/c1-13(2)16-7-6-14(3)11-17(16)20-10-8-18-12-15-5-4-9-19-15;3-1(4)2(5)6/h6-7,11,13,15,18H,4-5,8-10,12H2,1-3H3;(H,3,4)(H,5,6). The number of benzene rings is 1. The van der Waals surface area contributed by atoms with Gasteiger partial charge >= 0.3 is 11.9 Å². The Morgan fingerprint density at radius 1 is 1.31 bits per heavy atom. The highest BCUT2D eigenvalue weighted by Crippen LogP contribution is 2.27. The van der Waals surface area contributed by atoms with Gasteiger partial charge in [0.05, 0.1) is 6.10 Å². The molecule has 146 valence electrons. The van der Waals surface area contributed by atoms with Crippen LogP contribution < -0.4 is 10.1 Å². The molecule has 7 heteroatoms. The van der Waals surface area contributed by atoms with Gasteiger partial charge in [-0.3, -0.25) is 0 Å². The van der Waals surface area contributed by atoms with Gasteiger partial charge in [0.1, 0.15) is 12.4 Å². The molecule has 1 unspecified atom stereocenters. The first-order chi connectivity index (χ1) is 12.3. The molecule has 1 aliphatic rings. The maximum absolute atomic E-state index is 9.10. The van der Waals surface area contributed by atoms with Gasteiger partial charge in [-0.25, -0.2) is 9.59 Å². The predicted octanol–water partition coefficient (Wildman–Crippen LogP) is 2.42. The van der Waals surface area contributed by atoms with Crippen molar-refractivity contribution in [2.45, 2.75) is 45.6 Å². The molecule has 1 aromatic carbocycles. The van der Waals surface area contributed by atoms with Crippen molar-refractivity contribution in [3.8, 4) is 5.75 Å². The number of nitrogens with one attached hydrogen (secondary N) is 1. The van der Waals surface area contributed by atoms with Crippen molar-refractivity contribution in [2.75, 3.05) is 26.3 Å². The number of aliphatic carboxylic acids is 2. The minimum absolute atomic E-state index is 0.403. The van der Waals surface area contributed by atoms with Crippen molar-refractivity contribution in [3.05, 3.63) is 29.3 Å². The second-order valence-corrected chi connectivity index (χ2v) is 6.49. The van der Waals surface area contributed by atoms with Crippen LogP contribution in [0.15, 0.2) is 18.2 Å². The van der Waals surface area contributed by atoms with Crippen LogP contribution in [0.25, 0.3) is 0 Å². The SMILES string of the molecule is Cc1ccc(C(C)C)c(OCCNCC2CCCO2)c1.O=C(O)C(=O)O. The molecule has 0 bridgehead atoms.